The van der Waals surface area contributed by atoms with Gasteiger partial charge in [0.05, 0.1) is 17.1 Å². The number of nitrogens with zero attached hydrogens (tertiary/aromatic N) is 2. The molecule has 1 aliphatic carbocycles. The lowest BCUT2D eigenvalue weighted by Gasteiger charge is -2.40. The molecule has 33 heavy (non-hydrogen) atoms. The van der Waals surface area contributed by atoms with Gasteiger partial charge in [0.15, 0.2) is 0 Å². The Bertz CT molecular complexity index is 1130. The molecular formula is C27H35N3O3. The van der Waals surface area contributed by atoms with Gasteiger partial charge in [-0.3, -0.25) is 4.79 Å². The number of hydrogen-bond donors (Lipinski definition) is 1. The lowest BCUT2D eigenvalue weighted by Crippen LogP contribution is -2.29. The second kappa shape index (κ2) is 9.08. The van der Waals surface area contributed by atoms with E-state index in [1.807, 2.05) is 56.3 Å². The molecule has 0 bridgehead atoms. The molecule has 6 nitrogen and oxygen atoms in total. The zero-order chi connectivity index (χ0) is 23.8. The van der Waals surface area contributed by atoms with Gasteiger partial charge in [0, 0.05) is 24.7 Å². The predicted molar refractivity (Wildman–Crippen MR) is 132 cm³/mol. The molecule has 0 spiro atoms. The summed E-state index contributed by atoms with van der Waals surface area (Å²) >= 11 is 0. The van der Waals surface area contributed by atoms with E-state index in [0.29, 0.717) is 17.7 Å². The van der Waals surface area contributed by atoms with Crippen LogP contribution in [-0.2, 0) is 4.79 Å². The zero-order valence-electron chi connectivity index (χ0n) is 20.5. The molecule has 2 atom stereocenters. The lowest BCUT2D eigenvalue weighted by molar-refractivity contribution is -0.131. The number of anilines is 2. The summed E-state index contributed by atoms with van der Waals surface area (Å²) in [6, 6.07) is 14.0. The molecule has 1 N–H and O–H groups in total. The van der Waals surface area contributed by atoms with Gasteiger partial charge >= 0.3 is 5.97 Å². The summed E-state index contributed by atoms with van der Waals surface area (Å²) in [7, 11) is 0. The van der Waals surface area contributed by atoms with Crippen LogP contribution < -0.4 is 14.8 Å². The Kier molecular flexibility index (Phi) is 6.37. The summed E-state index contributed by atoms with van der Waals surface area (Å²) in [6.45, 7) is 12.5. The van der Waals surface area contributed by atoms with Crippen molar-refractivity contribution >= 4 is 28.6 Å². The van der Waals surface area contributed by atoms with Crippen LogP contribution >= 0.6 is 0 Å². The van der Waals surface area contributed by atoms with Crippen molar-refractivity contribution in [2.75, 3.05) is 5.32 Å². The Morgan fingerprint density at radius 2 is 1.82 bits per heavy atom. The van der Waals surface area contributed by atoms with Gasteiger partial charge in [-0.05, 0) is 80.8 Å². The van der Waals surface area contributed by atoms with Gasteiger partial charge in [-0.1, -0.05) is 20.8 Å². The smallest absolute Gasteiger partial charge is 0.308 e. The number of hydrogen-bond acceptors (Lipinski definition) is 5. The van der Waals surface area contributed by atoms with E-state index in [4.69, 9.17) is 14.5 Å². The van der Waals surface area contributed by atoms with Gasteiger partial charge in [-0.15, -0.1) is 0 Å². The average Bonchev–Trinajstić information content (AvgIpc) is 3.04. The van der Waals surface area contributed by atoms with E-state index in [1.165, 1.54) is 13.3 Å². The van der Waals surface area contributed by atoms with E-state index < -0.39 is 0 Å². The fourth-order valence-electron chi connectivity index (χ4n) is 5.28. The summed E-state index contributed by atoms with van der Waals surface area (Å²) in [4.78, 5) is 16.4. The van der Waals surface area contributed by atoms with Gasteiger partial charge < -0.3 is 19.4 Å². The summed E-state index contributed by atoms with van der Waals surface area (Å²) < 4.78 is 13.4. The molecule has 2 aromatic carbocycles. The van der Waals surface area contributed by atoms with Crippen LogP contribution in [0.1, 0.15) is 66.8 Å². The molecule has 4 rings (SSSR count). The van der Waals surface area contributed by atoms with Crippen molar-refractivity contribution in [1.29, 1.82) is 0 Å². The number of aromatic nitrogens is 2. The van der Waals surface area contributed by atoms with Crippen LogP contribution in [0.25, 0.3) is 11.0 Å². The number of rotatable bonds is 6. The number of carbonyl (C=O) groups is 1. The third-order valence-electron chi connectivity index (χ3n) is 6.13. The Hall–Kier alpha value is -3.02. The number of nitrogens with one attached hydrogen (secondary N) is 1. The summed E-state index contributed by atoms with van der Waals surface area (Å²) in [5.74, 6) is 2.46. The Morgan fingerprint density at radius 3 is 2.45 bits per heavy atom. The summed E-state index contributed by atoms with van der Waals surface area (Å²) in [5, 5.41) is 3.53. The van der Waals surface area contributed by atoms with Gasteiger partial charge in [0.1, 0.15) is 11.5 Å². The maximum absolute atomic E-state index is 11.4. The fourth-order valence-corrected chi connectivity index (χ4v) is 5.28. The van der Waals surface area contributed by atoms with Crippen LogP contribution in [0.2, 0.25) is 0 Å². The zero-order valence-corrected chi connectivity index (χ0v) is 20.5. The van der Waals surface area contributed by atoms with E-state index in [-0.39, 0.29) is 17.5 Å². The number of benzene rings is 2. The quantitative estimate of drug-likeness (QED) is 0.328. The first-order valence-corrected chi connectivity index (χ1v) is 11.8. The molecule has 1 aliphatic rings. The van der Waals surface area contributed by atoms with Crippen LogP contribution in [-0.4, -0.2) is 21.6 Å². The second-order valence-electron chi connectivity index (χ2n) is 10.4. The molecule has 0 saturated heterocycles. The molecule has 6 heteroatoms. The highest BCUT2D eigenvalue weighted by Crippen LogP contribution is 2.46. The predicted octanol–water partition coefficient (Wildman–Crippen LogP) is 6.88. The van der Waals surface area contributed by atoms with Crippen molar-refractivity contribution in [2.45, 2.75) is 73.0 Å². The van der Waals surface area contributed by atoms with E-state index in [9.17, 15) is 4.79 Å². The third-order valence-corrected chi connectivity index (χ3v) is 6.13. The number of ether oxygens (including phenoxy) is 2. The molecule has 1 heterocycles. The molecule has 0 amide bonds. The second-order valence-corrected chi connectivity index (χ2v) is 10.4. The SMILES string of the molecule is CC(=O)Oc1ccc2c(c1)nc(Nc1ccc(OC(C)C)cc1)n2[C@@H]1C[C@H](C)CC(C)(C)C1. The van der Waals surface area contributed by atoms with E-state index in [1.54, 1.807) is 0 Å². The van der Waals surface area contributed by atoms with E-state index >= 15 is 0 Å². The van der Waals surface area contributed by atoms with Gasteiger partial charge in [-0.2, -0.15) is 0 Å². The van der Waals surface area contributed by atoms with Crippen molar-refractivity contribution in [3.63, 3.8) is 0 Å². The van der Waals surface area contributed by atoms with Crippen LogP contribution in [0.15, 0.2) is 42.5 Å². The highest BCUT2D eigenvalue weighted by atomic mass is 16.5. The minimum absolute atomic E-state index is 0.135. The Balaban J connectivity index is 1.73. The molecular weight excluding hydrogens is 414 g/mol. The molecule has 0 unspecified atom stereocenters. The first-order valence-electron chi connectivity index (χ1n) is 11.8. The molecule has 0 radical (unpaired) electrons. The van der Waals surface area contributed by atoms with Crippen LogP contribution in [0.3, 0.4) is 0 Å². The van der Waals surface area contributed by atoms with Crippen LogP contribution in [0.4, 0.5) is 11.6 Å². The molecule has 0 aliphatic heterocycles. The summed E-state index contributed by atoms with van der Waals surface area (Å²) in [6.07, 6.45) is 3.56. The van der Waals surface area contributed by atoms with Crippen molar-refractivity contribution in [3.05, 3.63) is 42.5 Å². The molecule has 1 aromatic heterocycles. The van der Waals surface area contributed by atoms with Crippen LogP contribution in [0, 0.1) is 11.3 Å². The van der Waals surface area contributed by atoms with Crippen molar-refractivity contribution in [2.24, 2.45) is 11.3 Å². The Morgan fingerprint density at radius 1 is 1.12 bits per heavy atom. The summed E-state index contributed by atoms with van der Waals surface area (Å²) in [5.41, 5.74) is 3.07. The standard InChI is InChI=1S/C27H35N3O3/c1-17(2)32-22-9-7-20(8-10-22)28-26-29-24-14-23(33-19(4)31)11-12-25(24)30(26)21-13-18(3)15-27(5,6)16-21/h7-12,14,17-18,21H,13,15-16H2,1-6H3,(H,28,29)/t18-,21+/m0/s1. The van der Waals surface area contributed by atoms with Gasteiger partial charge in [-0.25, -0.2) is 4.98 Å². The molecule has 176 valence electrons. The topological polar surface area (TPSA) is 65.4 Å². The molecule has 1 saturated carbocycles. The van der Waals surface area contributed by atoms with Crippen molar-refractivity contribution in [3.8, 4) is 11.5 Å². The monoisotopic (exact) mass is 449 g/mol. The number of fused-ring (bicyclic) bond motifs is 1. The first-order chi connectivity index (χ1) is 15.6. The number of carbonyl (C=O) groups excluding carboxylic acids is 1. The van der Waals surface area contributed by atoms with E-state index in [0.717, 1.165) is 41.3 Å². The lowest BCUT2D eigenvalue weighted by atomic mass is 9.70. The highest BCUT2D eigenvalue weighted by molar-refractivity contribution is 5.82. The van der Waals surface area contributed by atoms with Crippen LogP contribution in [0.5, 0.6) is 11.5 Å². The molecule has 1 fully saturated rings. The largest absolute Gasteiger partial charge is 0.491 e. The normalized spacial score (nSPS) is 20.1. The maximum atomic E-state index is 11.4. The molecule has 3 aromatic rings. The van der Waals surface area contributed by atoms with Gasteiger partial charge in [0.25, 0.3) is 0 Å². The van der Waals surface area contributed by atoms with Gasteiger partial charge in [0.2, 0.25) is 5.95 Å². The Labute approximate surface area is 196 Å². The van der Waals surface area contributed by atoms with E-state index in [2.05, 4.69) is 30.7 Å². The van der Waals surface area contributed by atoms with Crippen molar-refractivity contribution in [1.82, 2.24) is 9.55 Å². The number of esters is 1. The maximum Gasteiger partial charge on any atom is 0.308 e. The minimum Gasteiger partial charge on any atom is -0.491 e. The third kappa shape index (κ3) is 5.49. The number of imidazole rings is 1. The first kappa shape index (κ1) is 23.1. The minimum atomic E-state index is -0.335. The fraction of sp³-hybridized carbons (Fsp3) is 0.481. The van der Waals surface area contributed by atoms with Crippen molar-refractivity contribution < 1.29 is 14.3 Å². The average molecular weight is 450 g/mol. The highest BCUT2D eigenvalue weighted by Gasteiger charge is 2.34.